The van der Waals surface area contributed by atoms with Gasteiger partial charge in [0.05, 0.1) is 11.6 Å². The first-order valence-electron chi connectivity index (χ1n) is 9.22. The third-order valence-corrected chi connectivity index (χ3v) is 5.90. The number of likely N-dealkylation sites (tertiary alicyclic amines) is 1. The zero-order chi connectivity index (χ0) is 18.4. The number of amides is 2. The second-order valence-corrected chi connectivity index (χ2v) is 7.42. The molecule has 6 heteroatoms. The highest BCUT2D eigenvalue weighted by molar-refractivity contribution is 6.03. The van der Waals surface area contributed by atoms with E-state index in [-0.39, 0.29) is 11.8 Å². The Kier molecular flexibility index (Phi) is 3.86. The monoisotopic (exact) mass is 352 g/mol. The summed E-state index contributed by atoms with van der Waals surface area (Å²) >= 11 is 0. The molecule has 0 radical (unpaired) electrons. The zero-order valence-electron chi connectivity index (χ0n) is 15.2. The van der Waals surface area contributed by atoms with Gasteiger partial charge in [0.1, 0.15) is 11.4 Å². The lowest BCUT2D eigenvalue weighted by molar-refractivity contribution is -0.156. The van der Waals surface area contributed by atoms with E-state index in [0.29, 0.717) is 25.3 Å². The number of nitrogens with one attached hydrogen (secondary N) is 1. The molecule has 1 saturated carbocycles. The third-order valence-electron chi connectivity index (χ3n) is 5.90. The summed E-state index contributed by atoms with van der Waals surface area (Å²) in [5, 5.41) is 7.13. The largest absolute Gasteiger partial charge is 0.327 e. The normalized spacial score (nSPS) is 23.2. The molecule has 1 atom stereocenters. The van der Waals surface area contributed by atoms with Crippen LogP contribution < -0.4 is 5.32 Å². The van der Waals surface area contributed by atoms with Gasteiger partial charge < -0.3 is 10.2 Å². The van der Waals surface area contributed by atoms with Gasteiger partial charge in [-0.2, -0.15) is 5.10 Å². The van der Waals surface area contributed by atoms with Gasteiger partial charge in [-0.1, -0.05) is 30.3 Å². The first-order chi connectivity index (χ1) is 12.5. The Morgan fingerprint density at radius 3 is 2.46 bits per heavy atom. The van der Waals surface area contributed by atoms with Gasteiger partial charge in [-0.15, -0.1) is 0 Å². The summed E-state index contributed by atoms with van der Waals surface area (Å²) in [4.78, 5) is 28.0. The number of rotatable bonds is 5. The van der Waals surface area contributed by atoms with Crippen LogP contribution in [-0.2, 0) is 21.5 Å². The zero-order valence-corrected chi connectivity index (χ0v) is 15.2. The minimum Gasteiger partial charge on any atom is -0.327 e. The van der Waals surface area contributed by atoms with Gasteiger partial charge in [-0.25, -0.2) is 4.68 Å². The van der Waals surface area contributed by atoms with E-state index in [1.807, 2.05) is 44.2 Å². The molecule has 0 bridgehead atoms. The number of hydrogen-bond acceptors (Lipinski definition) is 3. The molecule has 1 aliphatic heterocycles. The number of aryl methyl sites for hydroxylation is 1. The Labute approximate surface area is 153 Å². The second-order valence-electron chi connectivity index (χ2n) is 7.42. The number of benzene rings is 1. The number of carbonyl (C=O) groups is 2. The molecule has 2 heterocycles. The Morgan fingerprint density at radius 2 is 1.88 bits per heavy atom. The molecule has 6 nitrogen and oxygen atoms in total. The van der Waals surface area contributed by atoms with E-state index in [1.54, 1.807) is 21.8 Å². The molecule has 4 rings (SSSR count). The number of nitrogens with zero attached hydrogens (tertiary/aromatic N) is 3. The number of aromatic nitrogens is 2. The Balaban J connectivity index is 1.53. The fraction of sp³-hybridized carbons (Fsp3) is 0.450. The standard InChI is InChI=1S/C20H24N4O2/c1-3-24-16(9-13-21-24)22-17(25)19(2)12-14-23(19)18(26)20(10-11-20)15-7-5-4-6-8-15/h4-9,13H,3,10-12,14H2,1-2H3,(H,22,25). The highest BCUT2D eigenvalue weighted by Gasteiger charge is 2.59. The molecule has 2 aliphatic rings. The molecule has 2 fully saturated rings. The van der Waals surface area contributed by atoms with Gasteiger partial charge in [0.2, 0.25) is 5.91 Å². The van der Waals surface area contributed by atoms with Crippen LogP contribution in [0.5, 0.6) is 0 Å². The topological polar surface area (TPSA) is 67.2 Å². The third kappa shape index (κ3) is 2.43. The predicted octanol–water partition coefficient (Wildman–Crippen LogP) is 2.56. The molecular formula is C20H24N4O2. The first kappa shape index (κ1) is 16.8. The maximum atomic E-state index is 13.3. The van der Waals surface area contributed by atoms with Crippen molar-refractivity contribution in [2.75, 3.05) is 11.9 Å². The minimum atomic E-state index is -0.801. The molecular weight excluding hydrogens is 328 g/mol. The highest BCUT2D eigenvalue weighted by atomic mass is 16.2. The van der Waals surface area contributed by atoms with Crippen molar-refractivity contribution in [3.63, 3.8) is 0 Å². The molecule has 1 aromatic heterocycles. The van der Waals surface area contributed by atoms with Crippen molar-refractivity contribution < 1.29 is 9.59 Å². The van der Waals surface area contributed by atoms with Gasteiger partial charge in [0.15, 0.2) is 0 Å². The molecule has 136 valence electrons. The van der Waals surface area contributed by atoms with E-state index in [2.05, 4.69) is 10.4 Å². The predicted molar refractivity (Wildman–Crippen MR) is 98.6 cm³/mol. The van der Waals surface area contributed by atoms with E-state index in [9.17, 15) is 9.59 Å². The second kappa shape index (κ2) is 5.97. The van der Waals surface area contributed by atoms with E-state index < -0.39 is 11.0 Å². The van der Waals surface area contributed by atoms with Crippen LogP contribution in [-0.4, -0.2) is 38.6 Å². The summed E-state index contributed by atoms with van der Waals surface area (Å²) in [6.45, 7) is 5.14. The van der Waals surface area contributed by atoms with Crippen molar-refractivity contribution in [3.8, 4) is 0 Å². The smallest absolute Gasteiger partial charge is 0.251 e. The fourth-order valence-corrected chi connectivity index (χ4v) is 3.83. The average Bonchev–Trinajstić information content (AvgIpc) is 3.35. The van der Waals surface area contributed by atoms with E-state index >= 15 is 0 Å². The minimum absolute atomic E-state index is 0.0802. The van der Waals surface area contributed by atoms with Crippen molar-refractivity contribution in [2.24, 2.45) is 0 Å². The summed E-state index contributed by atoms with van der Waals surface area (Å²) in [6, 6.07) is 11.7. The molecule has 1 saturated heterocycles. The number of carbonyl (C=O) groups excluding carboxylic acids is 2. The van der Waals surface area contributed by atoms with Crippen LogP contribution in [0.4, 0.5) is 5.82 Å². The SMILES string of the molecule is CCn1nccc1NC(=O)C1(C)CCN1C(=O)C1(c2ccccc2)CC1. The molecule has 2 aromatic rings. The summed E-state index contributed by atoms with van der Waals surface area (Å²) in [5.74, 6) is 0.606. The van der Waals surface area contributed by atoms with Gasteiger partial charge in [0.25, 0.3) is 5.91 Å². The van der Waals surface area contributed by atoms with Crippen molar-refractivity contribution >= 4 is 17.6 Å². The van der Waals surface area contributed by atoms with Crippen LogP contribution in [0, 0.1) is 0 Å². The number of anilines is 1. The molecule has 0 spiro atoms. The maximum absolute atomic E-state index is 13.3. The van der Waals surface area contributed by atoms with Crippen molar-refractivity contribution in [2.45, 2.75) is 50.6 Å². The van der Waals surface area contributed by atoms with Crippen LogP contribution >= 0.6 is 0 Å². The lowest BCUT2D eigenvalue weighted by atomic mass is 9.82. The first-order valence-corrected chi connectivity index (χ1v) is 9.22. The van der Waals surface area contributed by atoms with Crippen molar-refractivity contribution in [3.05, 3.63) is 48.2 Å². The van der Waals surface area contributed by atoms with E-state index in [1.165, 1.54) is 0 Å². The van der Waals surface area contributed by atoms with Crippen LogP contribution in [0.25, 0.3) is 0 Å². The maximum Gasteiger partial charge on any atom is 0.251 e. The summed E-state index contributed by atoms with van der Waals surface area (Å²) < 4.78 is 1.73. The Bertz CT molecular complexity index is 841. The Hall–Kier alpha value is -2.63. The lowest BCUT2D eigenvalue weighted by Crippen LogP contribution is -2.67. The molecule has 1 unspecified atom stereocenters. The van der Waals surface area contributed by atoms with Gasteiger partial charge in [-0.3, -0.25) is 9.59 Å². The summed E-state index contributed by atoms with van der Waals surface area (Å²) in [6.07, 6.45) is 4.05. The van der Waals surface area contributed by atoms with Crippen molar-refractivity contribution in [1.29, 1.82) is 0 Å². The summed E-state index contributed by atoms with van der Waals surface area (Å²) in [5.41, 5.74) is -0.178. The van der Waals surface area contributed by atoms with Gasteiger partial charge in [-0.05, 0) is 38.7 Å². The van der Waals surface area contributed by atoms with Crippen LogP contribution in [0.1, 0.15) is 38.7 Å². The van der Waals surface area contributed by atoms with E-state index in [4.69, 9.17) is 0 Å². The van der Waals surface area contributed by atoms with E-state index in [0.717, 1.165) is 18.4 Å². The quantitative estimate of drug-likeness (QED) is 0.899. The molecule has 2 amide bonds. The van der Waals surface area contributed by atoms with Gasteiger partial charge >= 0.3 is 0 Å². The van der Waals surface area contributed by atoms with Crippen LogP contribution in [0.3, 0.4) is 0 Å². The molecule has 1 aromatic carbocycles. The average molecular weight is 352 g/mol. The molecule has 1 aliphatic carbocycles. The molecule has 26 heavy (non-hydrogen) atoms. The lowest BCUT2D eigenvalue weighted by Gasteiger charge is -2.50. The van der Waals surface area contributed by atoms with Crippen LogP contribution in [0.2, 0.25) is 0 Å². The fourth-order valence-electron chi connectivity index (χ4n) is 3.83. The summed E-state index contributed by atoms with van der Waals surface area (Å²) in [7, 11) is 0. The van der Waals surface area contributed by atoms with Crippen molar-refractivity contribution in [1.82, 2.24) is 14.7 Å². The highest BCUT2D eigenvalue weighted by Crippen LogP contribution is 2.51. The van der Waals surface area contributed by atoms with Crippen LogP contribution in [0.15, 0.2) is 42.6 Å². The van der Waals surface area contributed by atoms with Gasteiger partial charge in [0, 0.05) is 19.2 Å². The number of hydrogen-bond donors (Lipinski definition) is 1. The Morgan fingerprint density at radius 1 is 1.15 bits per heavy atom. The molecule has 1 N–H and O–H groups in total.